The Morgan fingerprint density at radius 3 is 2.38 bits per heavy atom. The van der Waals surface area contributed by atoms with E-state index < -0.39 is 35.1 Å². The maximum atomic E-state index is 12.6. The van der Waals surface area contributed by atoms with Crippen molar-refractivity contribution in [2.75, 3.05) is 37.0 Å². The lowest BCUT2D eigenvalue weighted by atomic mass is 10.2. The fourth-order valence-electron chi connectivity index (χ4n) is 3.40. The van der Waals surface area contributed by atoms with Crippen LogP contribution in [-0.2, 0) is 29.1 Å². The van der Waals surface area contributed by atoms with Crippen molar-refractivity contribution < 1.29 is 32.3 Å². The number of benzene rings is 2. The summed E-state index contributed by atoms with van der Waals surface area (Å²) >= 11 is 0. The first-order valence-corrected chi connectivity index (χ1v) is 12.0. The zero-order valence-corrected chi connectivity index (χ0v) is 19.6. The molecular weight excluding hydrogens is 462 g/mol. The van der Waals surface area contributed by atoms with Gasteiger partial charge in [0.25, 0.3) is 5.91 Å². The summed E-state index contributed by atoms with van der Waals surface area (Å²) in [6.45, 7) is 0.691. The number of esters is 1. The van der Waals surface area contributed by atoms with Crippen molar-refractivity contribution >= 4 is 45.0 Å². The second-order valence-corrected chi connectivity index (χ2v) is 9.76. The van der Waals surface area contributed by atoms with Crippen molar-refractivity contribution in [3.8, 4) is 0 Å². The number of hydrogen-bond acceptors (Lipinski definition) is 7. The van der Waals surface area contributed by atoms with Crippen LogP contribution in [-0.4, -0.2) is 63.0 Å². The summed E-state index contributed by atoms with van der Waals surface area (Å²) in [7, 11) is -2.79. The number of sulfonamides is 1. The first kappa shape index (κ1) is 25.1. The van der Waals surface area contributed by atoms with E-state index in [4.69, 9.17) is 4.74 Å². The second-order valence-electron chi connectivity index (χ2n) is 7.72. The van der Waals surface area contributed by atoms with Gasteiger partial charge in [0.05, 0.1) is 16.3 Å². The van der Waals surface area contributed by atoms with Gasteiger partial charge in [-0.3, -0.25) is 19.2 Å². The zero-order chi connectivity index (χ0) is 24.9. The number of nitrogens with zero attached hydrogens (tertiary/aromatic N) is 2. The van der Waals surface area contributed by atoms with Crippen molar-refractivity contribution in [3.63, 3.8) is 0 Å². The predicted molar refractivity (Wildman–Crippen MR) is 124 cm³/mol. The van der Waals surface area contributed by atoms with Crippen LogP contribution in [0, 0.1) is 0 Å². The average molecular weight is 488 g/mol. The van der Waals surface area contributed by atoms with Gasteiger partial charge >= 0.3 is 5.97 Å². The Balaban J connectivity index is 1.55. The van der Waals surface area contributed by atoms with E-state index in [2.05, 4.69) is 5.32 Å². The van der Waals surface area contributed by atoms with Gasteiger partial charge in [-0.1, -0.05) is 24.3 Å². The van der Waals surface area contributed by atoms with E-state index in [-0.39, 0.29) is 16.6 Å². The van der Waals surface area contributed by atoms with Crippen LogP contribution in [0.4, 0.5) is 11.4 Å². The Hall–Kier alpha value is -3.57. The highest BCUT2D eigenvalue weighted by Gasteiger charge is 2.26. The number of Topliss-reactive ketones (excluding diaryl/α,β-unsaturated/α-hetero) is 1. The minimum absolute atomic E-state index is 0.0340. The van der Waals surface area contributed by atoms with Crippen LogP contribution in [0.25, 0.3) is 0 Å². The van der Waals surface area contributed by atoms with E-state index >= 15 is 0 Å². The van der Waals surface area contributed by atoms with E-state index in [0.29, 0.717) is 29.9 Å². The lowest BCUT2D eigenvalue weighted by Crippen LogP contribution is -2.34. The molecule has 1 fully saturated rings. The first-order chi connectivity index (χ1) is 16.1. The van der Waals surface area contributed by atoms with Gasteiger partial charge in [-0.25, -0.2) is 8.42 Å². The number of para-hydroxylation sites is 2. The number of likely N-dealkylation sites (N-methyl/N-ethyl adjacent to an activating group) is 1. The van der Waals surface area contributed by atoms with E-state index in [9.17, 15) is 27.6 Å². The summed E-state index contributed by atoms with van der Waals surface area (Å²) < 4.78 is 31.0. The van der Waals surface area contributed by atoms with Crippen molar-refractivity contribution in [1.29, 1.82) is 0 Å². The molecule has 0 radical (unpaired) electrons. The minimum atomic E-state index is -4.00. The molecule has 0 spiro atoms. The molecular formula is C23H25N3O7S. The molecule has 0 aliphatic carbocycles. The Kier molecular flexibility index (Phi) is 7.79. The fraction of sp³-hybridized carbons (Fsp3) is 0.304. The number of amides is 2. The van der Waals surface area contributed by atoms with Gasteiger partial charge in [-0.05, 0) is 37.6 Å². The smallest absolute Gasteiger partial charge is 0.321 e. The number of anilines is 2. The number of nitrogens with one attached hydrogen (secondary N) is 1. The van der Waals surface area contributed by atoms with E-state index in [1.54, 1.807) is 29.2 Å². The Morgan fingerprint density at radius 2 is 1.76 bits per heavy atom. The molecule has 1 N–H and O–H groups in total. The molecule has 2 amide bonds. The third-order valence-corrected chi connectivity index (χ3v) is 7.05. The molecule has 1 aliphatic rings. The van der Waals surface area contributed by atoms with Crippen LogP contribution in [0.15, 0.2) is 53.4 Å². The number of carbonyl (C=O) groups is 4. The Bertz CT molecular complexity index is 1210. The van der Waals surface area contributed by atoms with Crippen LogP contribution < -0.4 is 10.2 Å². The van der Waals surface area contributed by atoms with Gasteiger partial charge in [-0.15, -0.1) is 0 Å². The molecule has 1 saturated heterocycles. The number of hydrogen-bond donors (Lipinski definition) is 1. The number of rotatable bonds is 9. The van der Waals surface area contributed by atoms with E-state index in [0.717, 1.165) is 10.7 Å². The summed E-state index contributed by atoms with van der Waals surface area (Å²) in [4.78, 5) is 49.3. The molecule has 1 heterocycles. The lowest BCUT2D eigenvalue weighted by Gasteiger charge is -2.20. The van der Waals surface area contributed by atoms with Crippen molar-refractivity contribution in [2.24, 2.45) is 0 Å². The molecule has 0 aromatic heterocycles. The summed E-state index contributed by atoms with van der Waals surface area (Å²) in [6, 6.07) is 12.1. The van der Waals surface area contributed by atoms with Crippen LogP contribution in [0.3, 0.4) is 0 Å². The van der Waals surface area contributed by atoms with Crippen LogP contribution in [0.5, 0.6) is 0 Å². The van der Waals surface area contributed by atoms with Gasteiger partial charge in [0.1, 0.15) is 6.54 Å². The van der Waals surface area contributed by atoms with Crippen molar-refractivity contribution in [2.45, 2.75) is 24.7 Å². The topological polar surface area (TPSA) is 130 Å². The normalized spacial score (nSPS) is 13.7. The molecule has 2 aromatic rings. The van der Waals surface area contributed by atoms with Gasteiger partial charge in [0, 0.05) is 25.6 Å². The quantitative estimate of drug-likeness (QED) is 0.422. The van der Waals surface area contributed by atoms with Crippen LogP contribution in [0.1, 0.15) is 30.1 Å². The number of ketones is 1. The SMILES string of the molecule is CC(=O)c1ccc(S(=O)(=O)N(C)CC(=O)OCC(=O)Nc2ccccc2N2CCCC2=O)cc1. The maximum absolute atomic E-state index is 12.6. The third kappa shape index (κ3) is 5.86. The second kappa shape index (κ2) is 10.6. The summed E-state index contributed by atoms with van der Waals surface area (Å²) in [5.41, 5.74) is 1.33. The molecule has 0 atom stereocenters. The van der Waals surface area contributed by atoms with Crippen molar-refractivity contribution in [3.05, 3.63) is 54.1 Å². The predicted octanol–water partition coefficient (Wildman–Crippen LogP) is 1.82. The van der Waals surface area contributed by atoms with Crippen LogP contribution >= 0.6 is 0 Å². The Labute approximate surface area is 197 Å². The number of ether oxygens (including phenoxy) is 1. The van der Waals surface area contributed by atoms with Gasteiger partial charge < -0.3 is 15.0 Å². The third-order valence-electron chi connectivity index (χ3n) is 5.23. The molecule has 0 saturated carbocycles. The summed E-state index contributed by atoms with van der Waals surface area (Å²) in [5, 5.41) is 2.62. The molecule has 180 valence electrons. The molecule has 10 nitrogen and oxygen atoms in total. The standard InChI is InChI=1S/C23H25N3O7S/c1-16(27)17-9-11-18(12-10-17)34(31,32)25(2)14-23(30)33-15-21(28)24-19-6-3-4-7-20(19)26-13-5-8-22(26)29/h3-4,6-7,9-12H,5,8,13-15H2,1-2H3,(H,24,28). The van der Waals surface area contributed by atoms with Gasteiger partial charge in [0.2, 0.25) is 15.9 Å². The minimum Gasteiger partial charge on any atom is -0.455 e. The Morgan fingerprint density at radius 1 is 1.09 bits per heavy atom. The van der Waals surface area contributed by atoms with Gasteiger partial charge in [-0.2, -0.15) is 4.31 Å². The molecule has 0 bridgehead atoms. The lowest BCUT2D eigenvalue weighted by molar-refractivity contribution is -0.147. The highest BCUT2D eigenvalue weighted by Crippen LogP contribution is 2.29. The fourth-order valence-corrected chi connectivity index (χ4v) is 4.52. The zero-order valence-electron chi connectivity index (χ0n) is 18.8. The maximum Gasteiger partial charge on any atom is 0.321 e. The largest absolute Gasteiger partial charge is 0.455 e. The van der Waals surface area contributed by atoms with Gasteiger partial charge in [0.15, 0.2) is 12.4 Å². The van der Waals surface area contributed by atoms with E-state index in [1.165, 1.54) is 38.2 Å². The van der Waals surface area contributed by atoms with Crippen molar-refractivity contribution in [1.82, 2.24) is 4.31 Å². The molecule has 34 heavy (non-hydrogen) atoms. The highest BCUT2D eigenvalue weighted by atomic mass is 32.2. The molecule has 1 aliphatic heterocycles. The summed E-state index contributed by atoms with van der Waals surface area (Å²) in [5.74, 6) is -1.77. The first-order valence-electron chi connectivity index (χ1n) is 10.5. The highest BCUT2D eigenvalue weighted by molar-refractivity contribution is 7.89. The molecule has 11 heteroatoms. The monoisotopic (exact) mass is 487 g/mol. The number of carbonyl (C=O) groups excluding carboxylic acids is 4. The molecule has 0 unspecified atom stereocenters. The van der Waals surface area contributed by atoms with Crippen LogP contribution in [0.2, 0.25) is 0 Å². The molecule has 3 rings (SSSR count). The van der Waals surface area contributed by atoms with E-state index in [1.807, 2.05) is 0 Å². The average Bonchev–Trinajstić information content (AvgIpc) is 3.23. The molecule has 2 aromatic carbocycles. The summed E-state index contributed by atoms with van der Waals surface area (Å²) in [6.07, 6.45) is 1.17.